The van der Waals surface area contributed by atoms with Crippen LogP contribution in [0.4, 0.5) is 0 Å². The van der Waals surface area contributed by atoms with Gasteiger partial charge in [-0.1, -0.05) is 66.7 Å². The molecule has 2 saturated heterocycles. The second-order valence-electron chi connectivity index (χ2n) is 9.60. The molecule has 35 heavy (non-hydrogen) atoms. The molecule has 2 fully saturated rings. The predicted molar refractivity (Wildman–Crippen MR) is 137 cm³/mol. The number of nitrogens with zero attached hydrogens (tertiary/aromatic N) is 3. The fraction of sp³-hybridized carbons (Fsp3) is 0.333. The molecule has 5 rings (SSSR count). The summed E-state index contributed by atoms with van der Waals surface area (Å²) in [6.07, 6.45) is 2.46. The highest BCUT2D eigenvalue weighted by molar-refractivity contribution is 5.79. The maximum atomic E-state index is 13.2. The highest BCUT2D eigenvalue weighted by atomic mass is 16.3. The van der Waals surface area contributed by atoms with Crippen LogP contribution in [0, 0.1) is 11.3 Å². The van der Waals surface area contributed by atoms with Gasteiger partial charge >= 0.3 is 0 Å². The van der Waals surface area contributed by atoms with Crippen molar-refractivity contribution in [1.82, 2.24) is 9.80 Å². The molecular weight excluding hydrogens is 434 g/mol. The molecule has 0 spiro atoms. The highest BCUT2D eigenvalue weighted by Gasteiger charge is 2.49. The van der Waals surface area contributed by atoms with E-state index in [1.54, 1.807) is 0 Å². The van der Waals surface area contributed by atoms with E-state index in [4.69, 9.17) is 5.26 Å². The van der Waals surface area contributed by atoms with E-state index in [2.05, 4.69) is 35.2 Å². The number of aliphatic hydroxyl groups is 1. The van der Waals surface area contributed by atoms with E-state index in [-0.39, 0.29) is 30.5 Å². The standard InChI is InChI=1S/C30H31N3O2/c31-19-23-8-10-24(11-9-23)25-12-14-26(15-13-25)30-27-20-32(16-4-5-17-33(27)28(30)21-34)29(35)18-22-6-2-1-3-7-22/h1-3,6-15,27-28,30,34H,4-5,16-18,20-21H2/t27-,28-,30+/m0/s1. The van der Waals surface area contributed by atoms with E-state index < -0.39 is 0 Å². The summed E-state index contributed by atoms with van der Waals surface area (Å²) in [5.41, 5.74) is 5.09. The van der Waals surface area contributed by atoms with Crippen LogP contribution in [-0.4, -0.2) is 59.1 Å². The van der Waals surface area contributed by atoms with Crippen LogP contribution < -0.4 is 0 Å². The van der Waals surface area contributed by atoms with E-state index in [0.717, 1.165) is 42.6 Å². The van der Waals surface area contributed by atoms with E-state index in [0.29, 0.717) is 18.5 Å². The second-order valence-corrected chi connectivity index (χ2v) is 9.60. The molecule has 1 amide bonds. The van der Waals surface area contributed by atoms with Crippen LogP contribution in [0.1, 0.15) is 35.4 Å². The van der Waals surface area contributed by atoms with Gasteiger partial charge in [-0.3, -0.25) is 9.69 Å². The normalized spacial score (nSPS) is 22.3. The van der Waals surface area contributed by atoms with Crippen molar-refractivity contribution in [2.45, 2.75) is 37.3 Å². The number of carbonyl (C=O) groups is 1. The van der Waals surface area contributed by atoms with E-state index in [1.165, 1.54) is 5.56 Å². The molecule has 3 atom stereocenters. The minimum Gasteiger partial charge on any atom is -0.395 e. The van der Waals surface area contributed by atoms with E-state index in [1.807, 2.05) is 59.5 Å². The molecule has 2 aliphatic rings. The zero-order valence-electron chi connectivity index (χ0n) is 19.9. The number of aliphatic hydroxyl groups excluding tert-OH is 1. The quantitative estimate of drug-likeness (QED) is 0.613. The minimum absolute atomic E-state index is 0.0879. The summed E-state index contributed by atoms with van der Waals surface area (Å²) < 4.78 is 0. The van der Waals surface area contributed by atoms with Gasteiger partial charge in [-0.25, -0.2) is 0 Å². The summed E-state index contributed by atoms with van der Waals surface area (Å²) >= 11 is 0. The summed E-state index contributed by atoms with van der Waals surface area (Å²) in [5, 5.41) is 19.3. The Bertz CT molecular complexity index is 1190. The van der Waals surface area contributed by atoms with Crippen molar-refractivity contribution in [3.8, 4) is 17.2 Å². The third kappa shape index (κ3) is 4.86. The molecule has 0 aromatic heterocycles. The van der Waals surface area contributed by atoms with Gasteiger partial charge in [-0.05, 0) is 53.8 Å². The molecule has 2 aliphatic heterocycles. The Morgan fingerprint density at radius 3 is 2.23 bits per heavy atom. The first-order valence-electron chi connectivity index (χ1n) is 12.5. The number of amides is 1. The Morgan fingerprint density at radius 2 is 1.57 bits per heavy atom. The lowest BCUT2D eigenvalue weighted by molar-refractivity contribution is -0.135. The second kappa shape index (κ2) is 10.4. The number of rotatable bonds is 5. The van der Waals surface area contributed by atoms with Gasteiger partial charge in [0.25, 0.3) is 0 Å². The van der Waals surface area contributed by atoms with Crippen LogP contribution in [0.15, 0.2) is 78.9 Å². The number of hydrogen-bond donors (Lipinski definition) is 1. The first kappa shape index (κ1) is 23.3. The van der Waals surface area contributed by atoms with Gasteiger partial charge in [0.15, 0.2) is 0 Å². The van der Waals surface area contributed by atoms with Gasteiger partial charge < -0.3 is 10.0 Å². The van der Waals surface area contributed by atoms with Crippen molar-refractivity contribution >= 4 is 5.91 Å². The molecule has 3 aromatic rings. The molecule has 2 heterocycles. The number of hydrogen-bond acceptors (Lipinski definition) is 4. The van der Waals surface area contributed by atoms with Crippen LogP contribution in [-0.2, 0) is 11.2 Å². The van der Waals surface area contributed by atoms with Gasteiger partial charge in [0, 0.05) is 31.1 Å². The van der Waals surface area contributed by atoms with Crippen molar-refractivity contribution in [1.29, 1.82) is 5.26 Å². The topological polar surface area (TPSA) is 67.6 Å². The van der Waals surface area contributed by atoms with Crippen LogP contribution in [0.2, 0.25) is 0 Å². The smallest absolute Gasteiger partial charge is 0.227 e. The van der Waals surface area contributed by atoms with Crippen LogP contribution in [0.3, 0.4) is 0 Å². The molecule has 0 unspecified atom stereocenters. The lowest BCUT2D eigenvalue weighted by atomic mass is 9.74. The molecule has 0 radical (unpaired) electrons. The number of carbonyl (C=O) groups excluding carboxylic acids is 1. The fourth-order valence-corrected chi connectivity index (χ4v) is 5.68. The number of benzene rings is 3. The fourth-order valence-electron chi connectivity index (χ4n) is 5.68. The van der Waals surface area contributed by atoms with Gasteiger partial charge in [-0.15, -0.1) is 0 Å². The Morgan fingerprint density at radius 1 is 0.914 bits per heavy atom. The zero-order chi connectivity index (χ0) is 24.2. The molecular formula is C30H31N3O2. The monoisotopic (exact) mass is 465 g/mol. The maximum absolute atomic E-state index is 13.2. The SMILES string of the molecule is N#Cc1ccc(-c2ccc([C@H]3[C@H](CO)N4CCCCN(C(=O)Cc5ccccc5)C[C@@H]34)cc2)cc1. The first-order valence-corrected chi connectivity index (χ1v) is 12.5. The summed E-state index contributed by atoms with van der Waals surface area (Å²) in [6, 6.07) is 28.6. The minimum atomic E-state index is 0.0879. The van der Waals surface area contributed by atoms with Crippen LogP contribution in [0.25, 0.3) is 11.1 Å². The summed E-state index contributed by atoms with van der Waals surface area (Å²) in [5.74, 6) is 0.376. The average Bonchev–Trinajstić information content (AvgIpc) is 2.89. The van der Waals surface area contributed by atoms with Crippen molar-refractivity contribution in [3.63, 3.8) is 0 Å². The molecule has 3 aromatic carbocycles. The third-order valence-corrected chi connectivity index (χ3v) is 7.56. The largest absolute Gasteiger partial charge is 0.395 e. The Hall–Kier alpha value is -3.46. The van der Waals surface area contributed by atoms with Crippen molar-refractivity contribution in [3.05, 3.63) is 95.6 Å². The molecule has 0 aliphatic carbocycles. The molecule has 0 bridgehead atoms. The van der Waals surface area contributed by atoms with Crippen LogP contribution >= 0.6 is 0 Å². The van der Waals surface area contributed by atoms with Crippen LogP contribution in [0.5, 0.6) is 0 Å². The number of nitriles is 1. The Kier molecular flexibility index (Phi) is 6.94. The van der Waals surface area contributed by atoms with Gasteiger partial charge in [0.1, 0.15) is 0 Å². The van der Waals surface area contributed by atoms with Crippen molar-refractivity contribution in [2.75, 3.05) is 26.2 Å². The van der Waals surface area contributed by atoms with E-state index in [9.17, 15) is 9.90 Å². The summed E-state index contributed by atoms with van der Waals surface area (Å²) in [7, 11) is 0. The molecule has 178 valence electrons. The lowest BCUT2D eigenvalue weighted by Gasteiger charge is -2.57. The zero-order valence-corrected chi connectivity index (χ0v) is 19.9. The highest BCUT2D eigenvalue weighted by Crippen LogP contribution is 2.42. The lowest BCUT2D eigenvalue weighted by Crippen LogP contribution is -2.68. The number of fused-ring (bicyclic) bond motifs is 1. The van der Waals surface area contributed by atoms with Crippen molar-refractivity contribution in [2.24, 2.45) is 0 Å². The average molecular weight is 466 g/mol. The molecule has 1 N–H and O–H groups in total. The molecule has 5 nitrogen and oxygen atoms in total. The Labute approximate surface area is 207 Å². The van der Waals surface area contributed by atoms with Gasteiger partial charge in [0.2, 0.25) is 5.91 Å². The maximum Gasteiger partial charge on any atom is 0.227 e. The van der Waals surface area contributed by atoms with Gasteiger partial charge in [0.05, 0.1) is 24.7 Å². The van der Waals surface area contributed by atoms with Gasteiger partial charge in [-0.2, -0.15) is 5.26 Å². The summed E-state index contributed by atoms with van der Waals surface area (Å²) in [4.78, 5) is 17.6. The predicted octanol–water partition coefficient (Wildman–Crippen LogP) is 4.22. The molecule has 0 saturated carbocycles. The third-order valence-electron chi connectivity index (χ3n) is 7.56. The summed E-state index contributed by atoms with van der Waals surface area (Å²) in [6.45, 7) is 2.58. The first-order chi connectivity index (χ1) is 17.2. The van der Waals surface area contributed by atoms with E-state index >= 15 is 0 Å². The van der Waals surface area contributed by atoms with Crippen molar-refractivity contribution < 1.29 is 9.90 Å². The Balaban J connectivity index is 1.34. The molecule has 5 heteroatoms.